The number of ether oxygens (including phenoxy) is 2. The van der Waals surface area contributed by atoms with Gasteiger partial charge in [0.2, 0.25) is 11.8 Å². The van der Waals surface area contributed by atoms with Crippen LogP contribution >= 0.6 is 0 Å². The molecule has 0 bridgehead atoms. The first-order valence-electron chi connectivity index (χ1n) is 9.34. The van der Waals surface area contributed by atoms with Crippen LogP contribution in [0.3, 0.4) is 0 Å². The fraction of sp³-hybridized carbons (Fsp3) is 0.273. The molecule has 2 amide bonds. The van der Waals surface area contributed by atoms with Crippen molar-refractivity contribution in [1.29, 1.82) is 0 Å². The van der Waals surface area contributed by atoms with Gasteiger partial charge in [0.1, 0.15) is 0 Å². The molecule has 2 N–H and O–H groups in total. The molecule has 0 atom stereocenters. The monoisotopic (exact) mass is 411 g/mol. The second-order valence-electron chi connectivity index (χ2n) is 6.66. The minimum atomic E-state index is -0.455. The van der Waals surface area contributed by atoms with Crippen molar-refractivity contribution in [2.75, 3.05) is 12.4 Å². The van der Waals surface area contributed by atoms with Crippen molar-refractivity contribution in [2.45, 2.75) is 33.6 Å². The number of hydrogen-bond donors (Lipinski definition) is 2. The van der Waals surface area contributed by atoms with E-state index in [-0.39, 0.29) is 24.7 Å². The van der Waals surface area contributed by atoms with Crippen molar-refractivity contribution >= 4 is 29.7 Å². The maximum absolute atomic E-state index is 12.0. The van der Waals surface area contributed by atoms with Crippen molar-refractivity contribution < 1.29 is 23.9 Å². The fourth-order valence-electron chi connectivity index (χ4n) is 2.63. The first kappa shape index (κ1) is 22.6. The highest BCUT2D eigenvalue weighted by Crippen LogP contribution is 2.27. The van der Waals surface area contributed by atoms with Gasteiger partial charge in [-0.1, -0.05) is 17.7 Å². The molecule has 0 saturated carbocycles. The van der Waals surface area contributed by atoms with E-state index < -0.39 is 5.97 Å². The number of amides is 2. The molecule has 0 aliphatic rings. The fourth-order valence-corrected chi connectivity index (χ4v) is 2.63. The van der Waals surface area contributed by atoms with Crippen LogP contribution < -0.4 is 20.2 Å². The Bertz CT molecular complexity index is 969. The van der Waals surface area contributed by atoms with Gasteiger partial charge in [-0.05, 0) is 49.2 Å². The van der Waals surface area contributed by atoms with Crippen LogP contribution in [-0.4, -0.2) is 31.1 Å². The molecule has 8 nitrogen and oxygen atoms in total. The number of anilines is 1. The minimum absolute atomic E-state index is 0.00277. The van der Waals surface area contributed by atoms with Crippen LogP contribution in [0.5, 0.6) is 11.5 Å². The molecule has 8 heteroatoms. The Morgan fingerprint density at radius 1 is 1.00 bits per heavy atom. The van der Waals surface area contributed by atoms with Gasteiger partial charge in [-0.15, -0.1) is 0 Å². The van der Waals surface area contributed by atoms with Gasteiger partial charge in [0.15, 0.2) is 11.5 Å². The Hall–Kier alpha value is -3.68. The lowest BCUT2D eigenvalue weighted by Crippen LogP contribution is -2.20. The van der Waals surface area contributed by atoms with E-state index in [9.17, 15) is 14.4 Å². The van der Waals surface area contributed by atoms with Crippen LogP contribution in [-0.2, 0) is 14.4 Å². The van der Waals surface area contributed by atoms with Gasteiger partial charge in [-0.3, -0.25) is 14.4 Å². The van der Waals surface area contributed by atoms with Crippen LogP contribution in [0, 0.1) is 13.8 Å². The molecule has 2 aromatic rings. The van der Waals surface area contributed by atoms with Crippen LogP contribution in [0.25, 0.3) is 0 Å². The molecule has 0 spiro atoms. The van der Waals surface area contributed by atoms with Crippen LogP contribution in [0.1, 0.15) is 36.5 Å². The third-order valence-corrected chi connectivity index (χ3v) is 4.08. The molecule has 0 aliphatic carbocycles. The summed E-state index contributed by atoms with van der Waals surface area (Å²) in [6.45, 7) is 5.19. The lowest BCUT2D eigenvalue weighted by Gasteiger charge is -2.09. The van der Waals surface area contributed by atoms with Gasteiger partial charge >= 0.3 is 5.97 Å². The molecule has 0 aliphatic heterocycles. The predicted octanol–water partition coefficient (Wildman–Crippen LogP) is 3.11. The molecule has 0 unspecified atom stereocenters. The lowest BCUT2D eigenvalue weighted by atomic mass is 10.1. The van der Waals surface area contributed by atoms with E-state index in [2.05, 4.69) is 15.8 Å². The largest absolute Gasteiger partial charge is 0.493 e. The average molecular weight is 411 g/mol. The molecule has 0 aromatic heterocycles. The number of nitrogens with one attached hydrogen (secondary N) is 2. The van der Waals surface area contributed by atoms with E-state index in [0.717, 1.165) is 16.8 Å². The number of nitrogens with zero attached hydrogens (tertiary/aromatic N) is 1. The Labute approximate surface area is 175 Å². The summed E-state index contributed by atoms with van der Waals surface area (Å²) < 4.78 is 10.2. The maximum atomic E-state index is 12.0. The van der Waals surface area contributed by atoms with Crippen LogP contribution in [0.15, 0.2) is 41.5 Å². The van der Waals surface area contributed by atoms with Crippen molar-refractivity contribution in [2.24, 2.45) is 5.10 Å². The van der Waals surface area contributed by atoms with Crippen LogP contribution in [0.4, 0.5) is 5.69 Å². The standard InChI is InChI=1S/C22H25N3O5/c1-14-5-7-18(15(2)11-14)24-21(27)9-10-22(28)25-23-13-17-6-8-19(30-16(3)26)20(12-17)29-4/h5-8,11-13H,9-10H2,1-4H3,(H,24,27)(H,25,28)/b23-13+. The topological polar surface area (TPSA) is 106 Å². The second kappa shape index (κ2) is 10.8. The number of rotatable bonds is 8. The SMILES string of the molecule is COc1cc(/C=N/NC(=O)CCC(=O)Nc2ccc(C)cc2C)ccc1OC(C)=O. The summed E-state index contributed by atoms with van der Waals surface area (Å²) in [6.07, 6.45) is 1.47. The summed E-state index contributed by atoms with van der Waals surface area (Å²) in [7, 11) is 1.45. The van der Waals surface area contributed by atoms with Crippen molar-refractivity contribution in [3.63, 3.8) is 0 Å². The molecular formula is C22H25N3O5. The zero-order valence-corrected chi connectivity index (χ0v) is 17.4. The number of methoxy groups -OCH3 is 1. The van der Waals surface area contributed by atoms with E-state index >= 15 is 0 Å². The van der Waals surface area contributed by atoms with E-state index in [1.54, 1.807) is 18.2 Å². The summed E-state index contributed by atoms with van der Waals surface area (Å²) in [4.78, 5) is 35.0. The van der Waals surface area contributed by atoms with E-state index in [4.69, 9.17) is 9.47 Å². The number of hydrogen-bond acceptors (Lipinski definition) is 6. The highest BCUT2D eigenvalue weighted by atomic mass is 16.6. The molecule has 30 heavy (non-hydrogen) atoms. The minimum Gasteiger partial charge on any atom is -0.493 e. The Morgan fingerprint density at radius 2 is 1.73 bits per heavy atom. The van der Waals surface area contributed by atoms with Gasteiger partial charge < -0.3 is 14.8 Å². The number of benzene rings is 2. The first-order valence-corrected chi connectivity index (χ1v) is 9.34. The predicted molar refractivity (Wildman–Crippen MR) is 114 cm³/mol. The number of carbonyl (C=O) groups excluding carboxylic acids is 3. The second-order valence-corrected chi connectivity index (χ2v) is 6.66. The number of aryl methyl sites for hydroxylation is 2. The summed E-state index contributed by atoms with van der Waals surface area (Å²) in [5.41, 5.74) is 5.82. The zero-order chi connectivity index (χ0) is 22.1. The normalized spacial score (nSPS) is 10.5. The van der Waals surface area contributed by atoms with E-state index in [0.29, 0.717) is 17.1 Å². The van der Waals surface area contributed by atoms with Gasteiger partial charge in [-0.2, -0.15) is 5.10 Å². The quantitative estimate of drug-likeness (QED) is 0.300. The lowest BCUT2D eigenvalue weighted by molar-refractivity contribution is -0.132. The highest BCUT2D eigenvalue weighted by molar-refractivity contribution is 5.94. The summed E-state index contributed by atoms with van der Waals surface area (Å²) in [5, 5.41) is 6.67. The Morgan fingerprint density at radius 3 is 2.40 bits per heavy atom. The van der Waals surface area contributed by atoms with Crippen molar-refractivity contribution in [3.8, 4) is 11.5 Å². The molecule has 0 saturated heterocycles. The van der Waals surface area contributed by atoms with Gasteiger partial charge in [-0.25, -0.2) is 5.43 Å². The molecule has 0 heterocycles. The number of carbonyl (C=O) groups is 3. The average Bonchev–Trinajstić information content (AvgIpc) is 2.69. The third-order valence-electron chi connectivity index (χ3n) is 4.08. The Kier molecular flexibility index (Phi) is 8.10. The Balaban J connectivity index is 1.83. The van der Waals surface area contributed by atoms with Crippen molar-refractivity contribution in [3.05, 3.63) is 53.1 Å². The molecule has 2 rings (SSSR count). The number of hydrazone groups is 1. The van der Waals surface area contributed by atoms with E-state index in [1.807, 2.05) is 32.0 Å². The highest BCUT2D eigenvalue weighted by Gasteiger charge is 2.09. The molecule has 0 radical (unpaired) electrons. The molecule has 0 fully saturated rings. The van der Waals surface area contributed by atoms with E-state index in [1.165, 1.54) is 20.2 Å². The number of esters is 1. The summed E-state index contributed by atoms with van der Waals surface area (Å²) >= 11 is 0. The molecule has 158 valence electrons. The molecule has 2 aromatic carbocycles. The van der Waals surface area contributed by atoms with Gasteiger partial charge in [0.25, 0.3) is 0 Å². The molecular weight excluding hydrogens is 386 g/mol. The first-order chi connectivity index (χ1) is 14.3. The van der Waals surface area contributed by atoms with Crippen LogP contribution in [0.2, 0.25) is 0 Å². The smallest absolute Gasteiger partial charge is 0.308 e. The van der Waals surface area contributed by atoms with Gasteiger partial charge in [0.05, 0.1) is 13.3 Å². The van der Waals surface area contributed by atoms with Crippen molar-refractivity contribution in [1.82, 2.24) is 5.43 Å². The summed E-state index contributed by atoms with van der Waals surface area (Å²) in [6, 6.07) is 10.6. The maximum Gasteiger partial charge on any atom is 0.308 e. The summed E-state index contributed by atoms with van der Waals surface area (Å²) in [5.74, 6) is -0.425. The zero-order valence-electron chi connectivity index (χ0n) is 17.4. The third kappa shape index (κ3) is 7.05. The van der Waals surface area contributed by atoms with Gasteiger partial charge in [0, 0.05) is 25.5 Å².